The lowest BCUT2D eigenvalue weighted by atomic mass is 10.1. The van der Waals surface area contributed by atoms with Gasteiger partial charge in [0, 0.05) is 13.2 Å². The minimum Gasteiger partial charge on any atom is -0.480 e. The van der Waals surface area contributed by atoms with E-state index in [1.54, 1.807) is 27.7 Å². The third-order valence-electron chi connectivity index (χ3n) is 9.61. The van der Waals surface area contributed by atoms with E-state index in [0.29, 0.717) is 5.92 Å². The Morgan fingerprint density at radius 1 is 0.461 bits per heavy atom. The van der Waals surface area contributed by atoms with Gasteiger partial charge >= 0.3 is 36.2 Å². The molecular weight excluding hydrogens is 983 g/mol. The number of nitrogens with one attached hydrogen (secondary N) is 3. The van der Waals surface area contributed by atoms with Crippen molar-refractivity contribution in [3.63, 3.8) is 0 Å². The number of aliphatic carboxylic acids is 2. The third kappa shape index (κ3) is 44.0. The lowest BCUT2D eigenvalue weighted by molar-refractivity contribution is -0.144. The largest absolute Gasteiger partial charge is 0.480 e. The fraction of sp³-hybridized carbons (Fsp3) is 0.571. The fourth-order valence-electron chi connectivity index (χ4n) is 4.76. The topological polar surface area (TPSA) is 329 Å². The first-order valence-corrected chi connectivity index (χ1v) is 23.0. The number of esters is 1. The van der Waals surface area contributed by atoms with Crippen LogP contribution in [0, 0.1) is 29.6 Å². The molecule has 0 unspecified atom stereocenters. The van der Waals surface area contributed by atoms with E-state index in [2.05, 4.69) is 20.7 Å². The van der Waals surface area contributed by atoms with Crippen molar-refractivity contribution in [2.75, 3.05) is 27.4 Å². The SMILES string of the molecule is C.C.C.C.C.CC(C)[C@@H](CO)NC(=O)OCc1ccccc1.CC(C)[C@H](N)C(=O)O.CC(C)[C@H](N)CO.CC(C)[C@H](NC(=O)OCc1ccccc1)C(=O)O.CO.COC(=O)[C@@H](NC(=O)OCc1ccccc1)C(C)C. The summed E-state index contributed by atoms with van der Waals surface area (Å²) in [6.07, 6.45) is -1.85. The van der Waals surface area contributed by atoms with Gasteiger partial charge in [0.15, 0.2) is 0 Å². The lowest BCUT2D eigenvalue weighted by Gasteiger charge is -2.19. The van der Waals surface area contributed by atoms with Gasteiger partial charge in [0.2, 0.25) is 0 Å². The molecule has 0 saturated carbocycles. The summed E-state index contributed by atoms with van der Waals surface area (Å²) < 4.78 is 19.7. The molecule has 20 heteroatoms. The summed E-state index contributed by atoms with van der Waals surface area (Å²) in [4.78, 5) is 66.9. The lowest BCUT2D eigenvalue weighted by Crippen LogP contribution is -2.45. The summed E-state index contributed by atoms with van der Waals surface area (Å²) in [6.45, 7) is 19.0. The minimum atomic E-state index is -1.07. The summed E-state index contributed by atoms with van der Waals surface area (Å²) in [5, 5.41) is 49.0. The molecular formula is C56H103N5O15. The van der Waals surface area contributed by atoms with Gasteiger partial charge in [0.05, 0.1) is 26.4 Å². The van der Waals surface area contributed by atoms with Gasteiger partial charge in [-0.15, -0.1) is 0 Å². The number of carbonyl (C=O) groups is 6. The molecule has 3 amide bonds. The predicted molar refractivity (Wildman–Crippen MR) is 304 cm³/mol. The number of carbonyl (C=O) groups excluding carboxylic acids is 4. The number of aliphatic hydroxyl groups excluding tert-OH is 3. The van der Waals surface area contributed by atoms with E-state index in [-0.39, 0.29) is 106 Å². The Hall–Kier alpha value is -6.32. The van der Waals surface area contributed by atoms with E-state index in [0.717, 1.165) is 23.8 Å². The molecule has 3 aromatic carbocycles. The van der Waals surface area contributed by atoms with E-state index < -0.39 is 54.3 Å². The number of hydrogen-bond acceptors (Lipinski definition) is 15. The Kier molecular flexibility index (Phi) is 59.3. The van der Waals surface area contributed by atoms with E-state index >= 15 is 0 Å². The number of hydrogen-bond donors (Lipinski definition) is 10. The highest BCUT2D eigenvalue weighted by atomic mass is 16.6. The van der Waals surface area contributed by atoms with Gasteiger partial charge in [-0.2, -0.15) is 0 Å². The number of nitrogens with two attached hydrogens (primary N) is 2. The molecule has 0 radical (unpaired) electrons. The van der Waals surface area contributed by atoms with E-state index in [9.17, 15) is 28.8 Å². The first kappa shape index (κ1) is 86.4. The summed E-state index contributed by atoms with van der Waals surface area (Å²) in [5.41, 5.74) is 13.2. The fourth-order valence-corrected chi connectivity index (χ4v) is 4.76. The van der Waals surface area contributed by atoms with Crippen molar-refractivity contribution in [3.8, 4) is 0 Å². The minimum absolute atomic E-state index is 0. The van der Waals surface area contributed by atoms with Gasteiger partial charge in [0.1, 0.15) is 37.9 Å². The summed E-state index contributed by atoms with van der Waals surface area (Å²) >= 11 is 0. The quantitative estimate of drug-likeness (QED) is 0.0396. The first-order chi connectivity index (χ1) is 33.4. The van der Waals surface area contributed by atoms with Crippen LogP contribution in [0.4, 0.5) is 14.4 Å². The Balaban J connectivity index is -0.000000129. The molecule has 0 heterocycles. The number of amides is 3. The van der Waals surface area contributed by atoms with Gasteiger partial charge in [-0.1, -0.05) is 197 Å². The molecule has 0 spiro atoms. The normalized spacial score (nSPS) is 11.4. The molecule has 20 nitrogen and oxygen atoms in total. The molecule has 0 saturated heterocycles. The number of benzene rings is 3. The maximum Gasteiger partial charge on any atom is 0.408 e. The predicted octanol–water partition coefficient (Wildman–Crippen LogP) is 8.87. The van der Waals surface area contributed by atoms with Gasteiger partial charge < -0.3 is 71.9 Å². The van der Waals surface area contributed by atoms with Crippen molar-refractivity contribution in [2.24, 2.45) is 41.1 Å². The number of carboxylic acids is 2. The molecule has 0 aromatic heterocycles. The Morgan fingerprint density at radius 3 is 0.974 bits per heavy atom. The number of rotatable bonds is 19. The highest BCUT2D eigenvalue weighted by molar-refractivity contribution is 5.81. The van der Waals surface area contributed by atoms with Crippen LogP contribution in [0.5, 0.6) is 0 Å². The molecule has 0 fully saturated rings. The second kappa shape index (κ2) is 52.1. The zero-order chi connectivity index (χ0) is 55.1. The molecule has 0 aliphatic rings. The molecule has 5 atom stereocenters. The Labute approximate surface area is 456 Å². The average Bonchev–Trinajstić information content (AvgIpc) is 3.35. The summed E-state index contributed by atoms with van der Waals surface area (Å²) in [7, 11) is 2.29. The van der Waals surface area contributed by atoms with Crippen LogP contribution in [-0.4, -0.2) is 119 Å². The van der Waals surface area contributed by atoms with Gasteiger partial charge in [-0.25, -0.2) is 24.0 Å². The van der Waals surface area contributed by atoms with Gasteiger partial charge in [0.25, 0.3) is 0 Å². The van der Waals surface area contributed by atoms with Crippen LogP contribution in [0.2, 0.25) is 0 Å². The molecule has 0 aliphatic heterocycles. The maximum absolute atomic E-state index is 11.6. The van der Waals surface area contributed by atoms with Gasteiger partial charge in [-0.05, 0) is 46.3 Å². The Morgan fingerprint density at radius 2 is 0.776 bits per heavy atom. The second-order valence-electron chi connectivity index (χ2n) is 17.2. The van der Waals surface area contributed by atoms with Crippen LogP contribution >= 0.6 is 0 Å². The summed E-state index contributed by atoms with van der Waals surface area (Å²) in [5.74, 6) is -2.17. The van der Waals surface area contributed by atoms with Crippen LogP contribution in [0.1, 0.15) is 123 Å². The first-order valence-electron chi connectivity index (χ1n) is 23.0. The van der Waals surface area contributed by atoms with Crippen molar-refractivity contribution in [1.29, 1.82) is 0 Å². The number of methoxy groups -OCH3 is 1. The van der Waals surface area contributed by atoms with E-state index in [4.69, 9.17) is 51.2 Å². The zero-order valence-electron chi connectivity index (χ0n) is 43.4. The monoisotopic (exact) mass is 1090 g/mol. The number of aliphatic hydroxyl groups is 3. The standard InChI is InChI=1S/C14H19NO4.C13H17NO4.C13H19NO3.C5H11NO2.C5H13NO.CH4O.5CH4/c1-10(2)12(13(16)18-3)15-14(17)19-9-11-7-5-4-6-8-11;1-9(2)11(12(15)16)14-13(17)18-8-10-6-4-3-5-7-10;1-10(2)12(8-15)14-13(16)17-9-11-6-4-3-5-7-11;1-3(2)4(6)5(7)8;1-4(2)5(6)3-7;1-2;;;;;/h4-8,10,12H,9H2,1-3H3,(H,15,17);3-7,9,11H,8H2,1-2H3,(H,14,17)(H,15,16);3-7,10,12,15H,8-9H2,1-2H3,(H,14,16);3-4H,6H2,1-2H3,(H,7,8);4-5,7H,3,6H2,1-2H3;2H,1H3;5*1H4/t12-;11-;12-;4-;5-;;;;;;/m00101....../s1. The van der Waals surface area contributed by atoms with Crippen molar-refractivity contribution in [1.82, 2.24) is 16.0 Å². The zero-order valence-corrected chi connectivity index (χ0v) is 43.4. The van der Waals surface area contributed by atoms with Gasteiger partial charge in [-0.3, -0.25) is 4.79 Å². The van der Waals surface area contributed by atoms with E-state index in [1.807, 2.05) is 133 Å². The van der Waals surface area contributed by atoms with Crippen LogP contribution in [0.15, 0.2) is 91.0 Å². The third-order valence-corrected chi connectivity index (χ3v) is 9.61. The molecule has 76 heavy (non-hydrogen) atoms. The smallest absolute Gasteiger partial charge is 0.408 e. The van der Waals surface area contributed by atoms with Crippen molar-refractivity contribution < 1.29 is 73.2 Å². The van der Waals surface area contributed by atoms with Crippen molar-refractivity contribution >= 4 is 36.2 Å². The molecule has 3 aromatic rings. The van der Waals surface area contributed by atoms with Crippen LogP contribution in [-0.2, 0) is 53.2 Å². The number of ether oxygens (including phenoxy) is 4. The van der Waals surface area contributed by atoms with E-state index in [1.165, 1.54) is 7.11 Å². The maximum atomic E-state index is 11.6. The highest BCUT2D eigenvalue weighted by Crippen LogP contribution is 2.08. The Bertz CT molecular complexity index is 1860. The molecule has 3 rings (SSSR count). The van der Waals surface area contributed by atoms with Crippen LogP contribution in [0.3, 0.4) is 0 Å². The molecule has 0 aliphatic carbocycles. The molecule has 12 N–H and O–H groups in total. The van der Waals surface area contributed by atoms with Crippen LogP contribution < -0.4 is 27.4 Å². The second-order valence-corrected chi connectivity index (χ2v) is 17.2. The van der Waals surface area contributed by atoms with Crippen molar-refractivity contribution in [3.05, 3.63) is 108 Å². The number of carboxylic acid groups (broad SMARTS) is 2. The highest BCUT2D eigenvalue weighted by Gasteiger charge is 2.26. The molecule has 0 bridgehead atoms. The molecule has 442 valence electrons. The number of alkyl carbamates (subject to hydrolysis) is 3. The van der Waals surface area contributed by atoms with Crippen LogP contribution in [0.25, 0.3) is 0 Å². The van der Waals surface area contributed by atoms with Crippen molar-refractivity contribution in [2.45, 2.75) is 156 Å². The average molecular weight is 1090 g/mol. The summed E-state index contributed by atoms with van der Waals surface area (Å²) in [6, 6.07) is 25.3.